The molecular formula is C19H26O2. The van der Waals surface area contributed by atoms with Gasteiger partial charge in [0.1, 0.15) is 5.78 Å². The molecule has 114 valence electrons. The summed E-state index contributed by atoms with van der Waals surface area (Å²) in [6.45, 7) is 4.97. The van der Waals surface area contributed by atoms with Gasteiger partial charge in [0.2, 0.25) is 0 Å². The van der Waals surface area contributed by atoms with Crippen molar-refractivity contribution < 1.29 is 9.53 Å². The number of carbonyl (C=O) groups is 1. The van der Waals surface area contributed by atoms with Crippen LogP contribution in [0.3, 0.4) is 0 Å². The summed E-state index contributed by atoms with van der Waals surface area (Å²) < 4.78 is 6.04. The summed E-state index contributed by atoms with van der Waals surface area (Å²) in [6.07, 6.45) is 7.28. The molecule has 2 fully saturated rings. The minimum absolute atomic E-state index is 0.0428. The lowest BCUT2D eigenvalue weighted by atomic mass is 9.81. The fraction of sp³-hybridized carbons (Fsp3) is 0.632. The first-order valence-corrected chi connectivity index (χ1v) is 8.30. The first kappa shape index (κ1) is 14.8. The van der Waals surface area contributed by atoms with Gasteiger partial charge in [-0.1, -0.05) is 42.2 Å². The van der Waals surface area contributed by atoms with Crippen LogP contribution in [0.25, 0.3) is 0 Å². The van der Waals surface area contributed by atoms with Gasteiger partial charge >= 0.3 is 0 Å². The fourth-order valence-electron chi connectivity index (χ4n) is 4.19. The summed E-state index contributed by atoms with van der Waals surface area (Å²) in [6, 6.07) is 6.46. The van der Waals surface area contributed by atoms with Crippen molar-refractivity contribution >= 4 is 5.78 Å². The maximum atomic E-state index is 12.7. The van der Waals surface area contributed by atoms with E-state index in [0.717, 1.165) is 32.3 Å². The van der Waals surface area contributed by atoms with Crippen LogP contribution in [0.2, 0.25) is 0 Å². The molecule has 21 heavy (non-hydrogen) atoms. The van der Waals surface area contributed by atoms with Crippen LogP contribution in [-0.4, -0.2) is 18.0 Å². The zero-order valence-corrected chi connectivity index (χ0v) is 13.3. The highest BCUT2D eigenvalue weighted by atomic mass is 16.5. The van der Waals surface area contributed by atoms with Crippen molar-refractivity contribution in [2.75, 3.05) is 6.61 Å². The minimum Gasteiger partial charge on any atom is -0.375 e. The number of rotatable bonds is 3. The number of Topliss-reactive ketones (excluding diaryl/α,β-unsaturated/α-hetero) is 1. The van der Waals surface area contributed by atoms with Crippen LogP contribution in [0.15, 0.2) is 18.2 Å². The van der Waals surface area contributed by atoms with Gasteiger partial charge in [0, 0.05) is 18.9 Å². The van der Waals surface area contributed by atoms with Gasteiger partial charge in [-0.3, -0.25) is 4.79 Å². The Kier molecular flexibility index (Phi) is 4.17. The molecule has 1 heterocycles. The molecule has 3 rings (SSSR count). The molecule has 2 aliphatic rings. The molecule has 2 nitrogen and oxygen atoms in total. The number of ether oxygens (including phenoxy) is 1. The molecule has 1 saturated carbocycles. The van der Waals surface area contributed by atoms with Gasteiger partial charge in [0.05, 0.1) is 5.60 Å². The van der Waals surface area contributed by atoms with Crippen molar-refractivity contribution in [3.8, 4) is 0 Å². The first-order chi connectivity index (χ1) is 10.1. The summed E-state index contributed by atoms with van der Waals surface area (Å²) >= 11 is 0. The number of carbonyl (C=O) groups excluding carboxylic acids is 1. The van der Waals surface area contributed by atoms with E-state index >= 15 is 0 Å². The molecule has 1 aromatic carbocycles. The highest BCUT2D eigenvalue weighted by Gasteiger charge is 2.41. The molecule has 1 aliphatic carbocycles. The SMILES string of the molecule is Cc1cc(C)cc(CC(=O)C2CCOC3(CCCC3)C2)c1. The summed E-state index contributed by atoms with van der Waals surface area (Å²) in [4.78, 5) is 12.7. The summed E-state index contributed by atoms with van der Waals surface area (Å²) in [5.74, 6) is 0.618. The Morgan fingerprint density at radius 3 is 2.52 bits per heavy atom. The van der Waals surface area contributed by atoms with Crippen molar-refractivity contribution in [3.63, 3.8) is 0 Å². The van der Waals surface area contributed by atoms with E-state index < -0.39 is 0 Å². The van der Waals surface area contributed by atoms with E-state index in [1.807, 2.05) is 0 Å². The molecule has 1 unspecified atom stereocenters. The average molecular weight is 286 g/mol. The van der Waals surface area contributed by atoms with Gasteiger partial charge in [-0.15, -0.1) is 0 Å². The molecule has 0 amide bonds. The second-order valence-electron chi connectivity index (χ2n) is 7.07. The second-order valence-corrected chi connectivity index (χ2v) is 7.07. The Hall–Kier alpha value is -1.15. The maximum absolute atomic E-state index is 12.7. The third-order valence-corrected chi connectivity index (χ3v) is 5.12. The number of ketones is 1. The van der Waals surface area contributed by atoms with Crippen LogP contribution in [-0.2, 0) is 16.0 Å². The Bertz CT molecular complexity index is 506. The molecule has 0 aromatic heterocycles. The van der Waals surface area contributed by atoms with Crippen LogP contribution in [0.1, 0.15) is 55.2 Å². The van der Waals surface area contributed by atoms with Crippen LogP contribution < -0.4 is 0 Å². The number of hydrogen-bond acceptors (Lipinski definition) is 2. The molecular weight excluding hydrogens is 260 g/mol. The van der Waals surface area contributed by atoms with E-state index in [-0.39, 0.29) is 11.5 Å². The topological polar surface area (TPSA) is 26.3 Å². The van der Waals surface area contributed by atoms with Gasteiger partial charge in [0.25, 0.3) is 0 Å². The van der Waals surface area contributed by atoms with Crippen molar-refractivity contribution in [1.82, 2.24) is 0 Å². The number of benzene rings is 1. The van der Waals surface area contributed by atoms with E-state index in [0.29, 0.717) is 12.2 Å². The van der Waals surface area contributed by atoms with Crippen molar-refractivity contribution in [2.45, 2.75) is 64.4 Å². The van der Waals surface area contributed by atoms with Crippen LogP contribution in [0, 0.1) is 19.8 Å². The van der Waals surface area contributed by atoms with Gasteiger partial charge in [0.15, 0.2) is 0 Å². The smallest absolute Gasteiger partial charge is 0.140 e. The lowest BCUT2D eigenvalue weighted by molar-refractivity contribution is -0.135. The van der Waals surface area contributed by atoms with E-state index in [1.54, 1.807) is 0 Å². The Morgan fingerprint density at radius 1 is 1.19 bits per heavy atom. The molecule has 1 aliphatic heterocycles. The molecule has 1 spiro atoms. The Morgan fingerprint density at radius 2 is 1.86 bits per heavy atom. The Balaban J connectivity index is 1.67. The summed E-state index contributed by atoms with van der Waals surface area (Å²) in [5.41, 5.74) is 3.71. The van der Waals surface area contributed by atoms with E-state index in [2.05, 4.69) is 32.0 Å². The second kappa shape index (κ2) is 5.92. The molecule has 1 saturated heterocycles. The van der Waals surface area contributed by atoms with Crippen LogP contribution in [0.4, 0.5) is 0 Å². The monoisotopic (exact) mass is 286 g/mol. The van der Waals surface area contributed by atoms with E-state index in [1.165, 1.54) is 29.5 Å². The zero-order chi connectivity index (χ0) is 14.9. The van der Waals surface area contributed by atoms with Gasteiger partial charge in [-0.05, 0) is 45.1 Å². The largest absolute Gasteiger partial charge is 0.375 e. The zero-order valence-electron chi connectivity index (χ0n) is 13.3. The fourth-order valence-corrected chi connectivity index (χ4v) is 4.19. The third-order valence-electron chi connectivity index (χ3n) is 5.12. The maximum Gasteiger partial charge on any atom is 0.140 e. The summed E-state index contributed by atoms with van der Waals surface area (Å²) in [5, 5.41) is 0. The summed E-state index contributed by atoms with van der Waals surface area (Å²) in [7, 11) is 0. The van der Waals surface area contributed by atoms with Crippen LogP contribution >= 0.6 is 0 Å². The molecule has 0 bridgehead atoms. The van der Waals surface area contributed by atoms with Crippen molar-refractivity contribution in [3.05, 3.63) is 34.9 Å². The lowest BCUT2D eigenvalue weighted by Gasteiger charge is -2.37. The van der Waals surface area contributed by atoms with Crippen molar-refractivity contribution in [2.24, 2.45) is 5.92 Å². The van der Waals surface area contributed by atoms with E-state index in [4.69, 9.17) is 4.74 Å². The number of aryl methyl sites for hydroxylation is 2. The molecule has 0 N–H and O–H groups in total. The van der Waals surface area contributed by atoms with Crippen molar-refractivity contribution in [1.29, 1.82) is 0 Å². The minimum atomic E-state index is 0.0428. The highest BCUT2D eigenvalue weighted by molar-refractivity contribution is 5.83. The lowest BCUT2D eigenvalue weighted by Crippen LogP contribution is -2.40. The Labute approximate surface area is 127 Å². The van der Waals surface area contributed by atoms with E-state index in [9.17, 15) is 4.79 Å². The van der Waals surface area contributed by atoms with Gasteiger partial charge in [-0.25, -0.2) is 0 Å². The number of hydrogen-bond donors (Lipinski definition) is 0. The standard InChI is InChI=1S/C19H26O2/c1-14-9-15(2)11-16(10-14)12-18(20)17-5-8-21-19(13-17)6-3-4-7-19/h9-11,17H,3-8,12-13H2,1-2H3. The predicted molar refractivity (Wildman–Crippen MR) is 84.5 cm³/mol. The normalized spacial score (nSPS) is 24.4. The third kappa shape index (κ3) is 3.37. The highest BCUT2D eigenvalue weighted by Crippen LogP contribution is 2.42. The quantitative estimate of drug-likeness (QED) is 0.834. The van der Waals surface area contributed by atoms with Crippen LogP contribution in [0.5, 0.6) is 0 Å². The van der Waals surface area contributed by atoms with Gasteiger partial charge < -0.3 is 4.74 Å². The average Bonchev–Trinajstić information content (AvgIpc) is 2.85. The van der Waals surface area contributed by atoms with Gasteiger partial charge in [-0.2, -0.15) is 0 Å². The first-order valence-electron chi connectivity index (χ1n) is 8.30. The molecule has 0 radical (unpaired) electrons. The molecule has 1 atom stereocenters. The molecule has 1 aromatic rings. The molecule has 2 heteroatoms. The predicted octanol–water partition coefficient (Wildman–Crippen LogP) is 4.15.